The summed E-state index contributed by atoms with van der Waals surface area (Å²) in [5, 5.41) is 11.4. The van der Waals surface area contributed by atoms with Crippen molar-refractivity contribution >= 4 is 22.6 Å². The Kier molecular flexibility index (Phi) is 6.16. The Balaban J connectivity index is 0.00000274. The van der Waals surface area contributed by atoms with E-state index < -0.39 is 0 Å². The van der Waals surface area contributed by atoms with Crippen molar-refractivity contribution < 1.29 is 11.3 Å². The number of hydrogen-bond acceptors (Lipinski definition) is 5. The highest BCUT2D eigenvalue weighted by molar-refractivity contribution is 5.92. The maximum absolute atomic E-state index is 12.8. The third-order valence-corrected chi connectivity index (χ3v) is 7.15. The summed E-state index contributed by atoms with van der Waals surface area (Å²) >= 11 is 0. The van der Waals surface area contributed by atoms with Crippen LogP contribution in [0.5, 0.6) is 5.75 Å². The van der Waals surface area contributed by atoms with Gasteiger partial charge in [0.05, 0.1) is 11.1 Å². The van der Waals surface area contributed by atoms with Gasteiger partial charge < -0.3 is 14.9 Å². The largest absolute Gasteiger partial charge is 0.507 e. The summed E-state index contributed by atoms with van der Waals surface area (Å²) in [6.45, 7) is 4.97. The van der Waals surface area contributed by atoms with Crippen LogP contribution in [0, 0.1) is 12.8 Å². The Morgan fingerprint density at radius 2 is 1.82 bits per heavy atom. The highest BCUT2D eigenvalue weighted by atomic mass is 16.3. The van der Waals surface area contributed by atoms with Gasteiger partial charge in [-0.1, -0.05) is 43.9 Å². The molecule has 33 heavy (non-hydrogen) atoms. The van der Waals surface area contributed by atoms with Gasteiger partial charge in [0.2, 0.25) is 5.91 Å². The van der Waals surface area contributed by atoms with E-state index in [2.05, 4.69) is 30.0 Å². The fraction of sp³-hybridized carbons (Fsp3) is 0.444. The van der Waals surface area contributed by atoms with Gasteiger partial charge >= 0.3 is 0 Å². The molecule has 0 unspecified atom stereocenters. The van der Waals surface area contributed by atoms with Gasteiger partial charge in [-0.3, -0.25) is 4.79 Å². The second-order valence-electron chi connectivity index (χ2n) is 9.47. The summed E-state index contributed by atoms with van der Waals surface area (Å²) in [5.74, 6) is 2.61. The predicted octanol–water partition coefficient (Wildman–Crippen LogP) is 5.18. The molecule has 0 radical (unpaired) electrons. The van der Waals surface area contributed by atoms with E-state index in [1.807, 2.05) is 17.0 Å². The number of hydrogen-bond donors (Lipinski definition) is 1. The Bertz CT molecular complexity index is 1150. The molecule has 2 aromatic carbocycles. The molecule has 1 saturated carbocycles. The monoisotopic (exact) mass is 446 g/mol. The smallest absolute Gasteiger partial charge is 0.222 e. The lowest BCUT2D eigenvalue weighted by molar-refractivity contribution is -0.131. The van der Waals surface area contributed by atoms with Crippen molar-refractivity contribution in [3.8, 4) is 17.1 Å². The number of amides is 1. The maximum Gasteiger partial charge on any atom is 0.222 e. The molecular formula is C27H34N4O2. The molecule has 0 atom stereocenters. The summed E-state index contributed by atoms with van der Waals surface area (Å²) in [6.07, 6.45) is 6.96. The minimum atomic E-state index is 0. The van der Waals surface area contributed by atoms with Crippen LogP contribution in [0.3, 0.4) is 0 Å². The van der Waals surface area contributed by atoms with Gasteiger partial charge in [-0.05, 0) is 49.1 Å². The average Bonchev–Trinajstić information content (AvgIpc) is 3.36. The second kappa shape index (κ2) is 9.38. The van der Waals surface area contributed by atoms with Gasteiger partial charge in [-0.25, -0.2) is 9.97 Å². The third kappa shape index (κ3) is 4.65. The molecule has 6 heteroatoms. The van der Waals surface area contributed by atoms with E-state index in [1.54, 1.807) is 12.1 Å². The molecule has 2 aliphatic rings. The zero-order chi connectivity index (χ0) is 22.8. The molecule has 3 aromatic rings. The van der Waals surface area contributed by atoms with Crippen LogP contribution >= 0.6 is 0 Å². The van der Waals surface area contributed by atoms with Crippen LogP contribution in [-0.2, 0) is 4.79 Å². The van der Waals surface area contributed by atoms with E-state index in [0.29, 0.717) is 36.8 Å². The van der Waals surface area contributed by atoms with Gasteiger partial charge in [0.25, 0.3) is 0 Å². The number of carbonyl (C=O) groups is 1. The fourth-order valence-corrected chi connectivity index (χ4v) is 5.20. The predicted molar refractivity (Wildman–Crippen MR) is 133 cm³/mol. The minimum Gasteiger partial charge on any atom is -0.507 e. The first-order valence-electron chi connectivity index (χ1n) is 12.2. The molecule has 2 fully saturated rings. The van der Waals surface area contributed by atoms with Gasteiger partial charge in [0.1, 0.15) is 11.6 Å². The maximum atomic E-state index is 12.8. The molecule has 1 amide bonds. The number of fused-ring (bicyclic) bond motifs is 1. The van der Waals surface area contributed by atoms with Crippen molar-refractivity contribution in [3.05, 3.63) is 48.0 Å². The quantitative estimate of drug-likeness (QED) is 0.585. The number of anilines is 1. The topological polar surface area (TPSA) is 69.6 Å². The van der Waals surface area contributed by atoms with Gasteiger partial charge in [0, 0.05) is 39.4 Å². The molecule has 0 spiro atoms. The number of carbonyl (C=O) groups excluding carboxylic acids is 1. The Morgan fingerprint density at radius 3 is 2.58 bits per heavy atom. The van der Waals surface area contributed by atoms with E-state index in [0.717, 1.165) is 47.7 Å². The van der Waals surface area contributed by atoms with Crippen molar-refractivity contribution in [1.82, 2.24) is 14.9 Å². The summed E-state index contributed by atoms with van der Waals surface area (Å²) < 4.78 is 0. The Hall–Kier alpha value is -3.15. The number of para-hydroxylation sites is 1. The van der Waals surface area contributed by atoms with E-state index in [4.69, 9.17) is 9.97 Å². The van der Waals surface area contributed by atoms with Crippen LogP contribution in [-0.4, -0.2) is 52.1 Å². The van der Waals surface area contributed by atoms with E-state index in [-0.39, 0.29) is 7.18 Å². The third-order valence-electron chi connectivity index (χ3n) is 7.15. The SMILES string of the molecule is Cc1ccc2c(N3CCN(C(=O)CCC4CCCC4)CC3)nc(-c3ccccc3O)nc2c1.[HH]. The number of phenolic OH excluding ortho intramolecular Hbond substituents is 1. The van der Waals surface area contributed by atoms with E-state index in [1.165, 1.54) is 25.7 Å². The second-order valence-corrected chi connectivity index (χ2v) is 9.47. The first kappa shape index (κ1) is 21.7. The van der Waals surface area contributed by atoms with Crippen LogP contribution in [0.2, 0.25) is 0 Å². The fourth-order valence-electron chi connectivity index (χ4n) is 5.20. The van der Waals surface area contributed by atoms with E-state index >= 15 is 0 Å². The number of phenols is 1. The number of rotatable bonds is 5. The Labute approximate surface area is 196 Å². The van der Waals surface area contributed by atoms with Crippen LogP contribution in [0.25, 0.3) is 22.3 Å². The van der Waals surface area contributed by atoms with Crippen LogP contribution < -0.4 is 4.90 Å². The van der Waals surface area contributed by atoms with Crippen LogP contribution in [0.1, 0.15) is 45.5 Å². The van der Waals surface area contributed by atoms with Crippen molar-refractivity contribution in [3.63, 3.8) is 0 Å². The standard InChI is InChI=1S/C27H32N4O2.H2/c1-19-10-12-21-23(18-19)28-26(22-8-4-5-9-24(22)32)29-27(21)31-16-14-30(15-17-31)25(33)13-11-20-6-2-3-7-20;/h4-5,8-10,12,18,20,32H,2-3,6-7,11,13-17H2,1H3;1H. The molecule has 2 heterocycles. The highest BCUT2D eigenvalue weighted by Crippen LogP contribution is 2.33. The zero-order valence-corrected chi connectivity index (χ0v) is 19.3. The molecule has 1 aliphatic heterocycles. The summed E-state index contributed by atoms with van der Waals surface area (Å²) in [7, 11) is 0. The lowest BCUT2D eigenvalue weighted by Gasteiger charge is -2.36. The highest BCUT2D eigenvalue weighted by Gasteiger charge is 2.25. The lowest BCUT2D eigenvalue weighted by Crippen LogP contribution is -2.49. The van der Waals surface area contributed by atoms with Gasteiger partial charge in [-0.2, -0.15) is 0 Å². The summed E-state index contributed by atoms with van der Waals surface area (Å²) in [5.41, 5.74) is 2.63. The lowest BCUT2D eigenvalue weighted by atomic mass is 10.0. The molecule has 5 rings (SSSR count). The van der Waals surface area contributed by atoms with Crippen LogP contribution in [0.4, 0.5) is 5.82 Å². The van der Waals surface area contributed by atoms with Crippen molar-refractivity contribution in [2.75, 3.05) is 31.1 Å². The summed E-state index contributed by atoms with van der Waals surface area (Å²) in [6, 6.07) is 13.4. The number of piperazine rings is 1. The Morgan fingerprint density at radius 1 is 1.06 bits per heavy atom. The molecule has 6 nitrogen and oxygen atoms in total. The summed E-state index contributed by atoms with van der Waals surface area (Å²) in [4.78, 5) is 26.7. The molecule has 1 saturated heterocycles. The van der Waals surface area contributed by atoms with Gasteiger partial charge in [-0.15, -0.1) is 0 Å². The first-order chi connectivity index (χ1) is 16.1. The van der Waals surface area contributed by atoms with Crippen molar-refractivity contribution in [2.45, 2.75) is 45.4 Å². The molecule has 1 aromatic heterocycles. The number of benzene rings is 2. The number of aryl methyl sites for hydroxylation is 1. The van der Waals surface area contributed by atoms with Crippen LogP contribution in [0.15, 0.2) is 42.5 Å². The molecule has 1 N–H and O–H groups in total. The van der Waals surface area contributed by atoms with Crippen molar-refractivity contribution in [1.29, 1.82) is 0 Å². The van der Waals surface area contributed by atoms with Gasteiger partial charge in [0.15, 0.2) is 5.82 Å². The molecule has 0 bridgehead atoms. The van der Waals surface area contributed by atoms with Crippen molar-refractivity contribution in [2.24, 2.45) is 5.92 Å². The minimum absolute atomic E-state index is 0. The number of aromatic nitrogens is 2. The number of nitrogens with zero attached hydrogens (tertiary/aromatic N) is 4. The first-order valence-corrected chi connectivity index (χ1v) is 12.2. The van der Waals surface area contributed by atoms with E-state index in [9.17, 15) is 9.90 Å². The normalized spacial score (nSPS) is 17.1. The molecule has 1 aliphatic carbocycles. The number of aromatic hydroxyl groups is 1. The molecular weight excluding hydrogens is 412 g/mol. The average molecular weight is 447 g/mol. The zero-order valence-electron chi connectivity index (χ0n) is 19.3. The molecule has 174 valence electrons.